The fourth-order valence-corrected chi connectivity index (χ4v) is 5.81. The maximum absolute atomic E-state index is 13.6. The van der Waals surface area contributed by atoms with Crippen LogP contribution in [0, 0.1) is 5.82 Å². The zero-order chi connectivity index (χ0) is 24.0. The Kier molecular flexibility index (Phi) is 5.18. The second-order valence-electron chi connectivity index (χ2n) is 9.75. The molecule has 0 bridgehead atoms. The molecule has 1 amide bonds. The third kappa shape index (κ3) is 3.62. The first kappa shape index (κ1) is 21.9. The number of fused-ring (bicyclic) bond motifs is 1. The van der Waals surface area contributed by atoms with Crippen molar-refractivity contribution in [2.75, 3.05) is 36.1 Å². The maximum atomic E-state index is 13.6. The van der Waals surface area contributed by atoms with Crippen molar-refractivity contribution in [3.8, 4) is 5.75 Å². The molecule has 1 unspecified atom stereocenters. The number of hydrogen-bond acceptors (Lipinski definition) is 5. The van der Waals surface area contributed by atoms with Gasteiger partial charge in [-0.15, -0.1) is 0 Å². The first-order valence-electron chi connectivity index (χ1n) is 12.2. The van der Waals surface area contributed by atoms with Gasteiger partial charge in [-0.25, -0.2) is 4.39 Å². The van der Waals surface area contributed by atoms with Crippen molar-refractivity contribution in [1.82, 2.24) is 10.2 Å². The molecule has 3 aromatic rings. The highest BCUT2D eigenvalue weighted by Crippen LogP contribution is 2.44. The molecule has 1 N–H and O–H groups in total. The molecular weight excluding hydrogens is 443 g/mol. The zero-order valence-corrected chi connectivity index (χ0v) is 19.8. The van der Waals surface area contributed by atoms with E-state index in [0.29, 0.717) is 26.1 Å². The van der Waals surface area contributed by atoms with Crippen LogP contribution in [0.5, 0.6) is 5.75 Å². The van der Waals surface area contributed by atoms with Crippen molar-refractivity contribution in [2.24, 2.45) is 0 Å². The Morgan fingerprint density at radius 3 is 2.31 bits per heavy atom. The van der Waals surface area contributed by atoms with Crippen molar-refractivity contribution >= 4 is 23.0 Å². The van der Waals surface area contributed by atoms with Crippen LogP contribution in [0.25, 0.3) is 0 Å². The number of amides is 1. The number of nitrogens with zero attached hydrogens (tertiary/aromatic N) is 3. The van der Waals surface area contributed by atoms with Crippen LogP contribution in [0.4, 0.5) is 21.5 Å². The predicted molar refractivity (Wildman–Crippen MR) is 134 cm³/mol. The van der Waals surface area contributed by atoms with Crippen molar-refractivity contribution in [1.29, 1.82) is 0 Å². The topological polar surface area (TPSA) is 48.1 Å². The number of likely N-dealkylation sites (tertiary alicyclic amines) is 1. The van der Waals surface area contributed by atoms with Gasteiger partial charge in [0.2, 0.25) is 5.91 Å². The number of piperidine rings is 1. The summed E-state index contributed by atoms with van der Waals surface area (Å²) in [6, 6.07) is 24.7. The van der Waals surface area contributed by atoms with E-state index in [2.05, 4.69) is 39.1 Å². The number of carbonyl (C=O) groups excluding carboxylic acids is 1. The van der Waals surface area contributed by atoms with E-state index in [1.165, 1.54) is 12.1 Å². The summed E-state index contributed by atoms with van der Waals surface area (Å²) in [5.41, 5.74) is 1.81. The molecule has 180 valence electrons. The van der Waals surface area contributed by atoms with Crippen LogP contribution in [0.2, 0.25) is 0 Å². The molecule has 0 saturated carbocycles. The Labute approximate surface area is 204 Å². The normalized spacial score (nSPS) is 23.7. The van der Waals surface area contributed by atoms with Crippen LogP contribution < -0.4 is 19.9 Å². The lowest BCUT2D eigenvalue weighted by Gasteiger charge is -2.52. The molecule has 2 saturated heterocycles. The van der Waals surface area contributed by atoms with Crippen LogP contribution >= 0.6 is 0 Å². The van der Waals surface area contributed by atoms with Gasteiger partial charge in [-0.1, -0.05) is 30.3 Å². The number of carbonyl (C=O) groups is 1. The summed E-state index contributed by atoms with van der Waals surface area (Å²) in [7, 11) is 0. The van der Waals surface area contributed by atoms with E-state index in [0.717, 1.165) is 35.9 Å². The molecule has 2 fully saturated rings. The van der Waals surface area contributed by atoms with Crippen molar-refractivity contribution in [3.63, 3.8) is 0 Å². The van der Waals surface area contributed by atoms with Crippen molar-refractivity contribution < 1.29 is 13.9 Å². The van der Waals surface area contributed by atoms with Crippen LogP contribution in [0.3, 0.4) is 0 Å². The average Bonchev–Trinajstić information content (AvgIpc) is 3.20. The van der Waals surface area contributed by atoms with Crippen LogP contribution in [-0.2, 0) is 4.79 Å². The Balaban J connectivity index is 1.27. The first-order valence-corrected chi connectivity index (χ1v) is 12.2. The van der Waals surface area contributed by atoms with Gasteiger partial charge < -0.3 is 19.9 Å². The number of ether oxygens (including phenoxy) is 1. The van der Waals surface area contributed by atoms with Gasteiger partial charge in [-0.2, -0.15) is 0 Å². The number of benzene rings is 3. The number of anilines is 3. The van der Waals surface area contributed by atoms with E-state index in [1.807, 2.05) is 54.6 Å². The molecule has 35 heavy (non-hydrogen) atoms. The fraction of sp³-hybridized carbons (Fsp3) is 0.321. The van der Waals surface area contributed by atoms with Gasteiger partial charge in [0.05, 0.1) is 18.9 Å². The molecule has 6 nitrogen and oxygen atoms in total. The standard InChI is InChI=1S/C28H29FN4O2/c1-27(19-32(22-13-11-21(29)12-14-22)24-9-5-6-10-25(24)35-27)31-17-15-28(16-18-31)26(34)30-20-33(28)23-7-3-2-4-8-23/h2-14H,15-20H2,1H3,(H,30,34). The smallest absolute Gasteiger partial charge is 0.247 e. The lowest BCUT2D eigenvalue weighted by molar-refractivity contribution is -0.129. The summed E-state index contributed by atoms with van der Waals surface area (Å²) >= 11 is 0. The Morgan fingerprint density at radius 2 is 1.57 bits per heavy atom. The Morgan fingerprint density at radius 1 is 0.886 bits per heavy atom. The molecule has 3 aliphatic rings. The number of para-hydroxylation sites is 3. The van der Waals surface area contributed by atoms with E-state index in [1.54, 1.807) is 0 Å². The highest BCUT2D eigenvalue weighted by atomic mass is 19.1. The van der Waals surface area contributed by atoms with Gasteiger partial charge in [0.25, 0.3) is 0 Å². The summed E-state index contributed by atoms with van der Waals surface area (Å²) in [5, 5.41) is 3.08. The van der Waals surface area contributed by atoms with Crippen LogP contribution in [-0.4, -0.2) is 48.4 Å². The SMILES string of the molecule is CC1(N2CCC3(CC2)C(=O)NCN3c2ccccc2)CN(c2ccc(F)cc2)c2ccccc2O1. The molecular formula is C28H29FN4O2. The minimum Gasteiger partial charge on any atom is -0.469 e. The van der Waals surface area contributed by atoms with Gasteiger partial charge in [0, 0.05) is 24.5 Å². The molecule has 1 spiro atoms. The van der Waals surface area contributed by atoms with Gasteiger partial charge in [0.1, 0.15) is 17.1 Å². The molecule has 3 aliphatic heterocycles. The van der Waals surface area contributed by atoms with Crippen LogP contribution in [0.15, 0.2) is 78.9 Å². The molecule has 1 atom stereocenters. The zero-order valence-electron chi connectivity index (χ0n) is 19.8. The summed E-state index contributed by atoms with van der Waals surface area (Å²) in [5.74, 6) is 0.654. The first-order chi connectivity index (χ1) is 17.0. The third-order valence-corrected chi connectivity index (χ3v) is 7.74. The summed E-state index contributed by atoms with van der Waals surface area (Å²) in [6.45, 7) is 4.69. The summed E-state index contributed by atoms with van der Waals surface area (Å²) < 4.78 is 20.3. The highest BCUT2D eigenvalue weighted by molar-refractivity contribution is 5.93. The Bertz CT molecular complexity index is 1230. The molecule has 3 aromatic carbocycles. The second kappa shape index (κ2) is 8.27. The Hall–Kier alpha value is -3.58. The average molecular weight is 473 g/mol. The molecule has 0 radical (unpaired) electrons. The van der Waals surface area contributed by atoms with E-state index in [9.17, 15) is 9.18 Å². The monoisotopic (exact) mass is 472 g/mol. The molecule has 7 heteroatoms. The molecule has 3 heterocycles. The van der Waals surface area contributed by atoms with Gasteiger partial charge in [0.15, 0.2) is 5.72 Å². The van der Waals surface area contributed by atoms with Gasteiger partial charge >= 0.3 is 0 Å². The second-order valence-corrected chi connectivity index (χ2v) is 9.75. The van der Waals surface area contributed by atoms with Crippen molar-refractivity contribution in [3.05, 3.63) is 84.7 Å². The molecule has 0 aromatic heterocycles. The number of hydrogen-bond donors (Lipinski definition) is 1. The van der Waals surface area contributed by atoms with Gasteiger partial charge in [-0.3, -0.25) is 9.69 Å². The predicted octanol–water partition coefficient (Wildman–Crippen LogP) is 4.50. The van der Waals surface area contributed by atoms with E-state index in [4.69, 9.17) is 4.74 Å². The van der Waals surface area contributed by atoms with E-state index < -0.39 is 11.3 Å². The van der Waals surface area contributed by atoms with E-state index in [-0.39, 0.29) is 11.7 Å². The quantitative estimate of drug-likeness (QED) is 0.608. The minimum absolute atomic E-state index is 0.106. The molecule has 6 rings (SSSR count). The minimum atomic E-state index is -0.600. The number of halogens is 1. The lowest BCUT2D eigenvalue weighted by Crippen LogP contribution is -2.65. The van der Waals surface area contributed by atoms with Gasteiger partial charge in [-0.05, 0) is 68.3 Å². The number of rotatable bonds is 3. The number of nitrogens with one attached hydrogen (secondary N) is 1. The van der Waals surface area contributed by atoms with Crippen LogP contribution in [0.1, 0.15) is 19.8 Å². The maximum Gasteiger partial charge on any atom is 0.247 e. The fourth-order valence-electron chi connectivity index (χ4n) is 5.81. The molecule has 0 aliphatic carbocycles. The summed E-state index contributed by atoms with van der Waals surface area (Å²) in [4.78, 5) is 19.8. The highest BCUT2D eigenvalue weighted by Gasteiger charge is 2.53. The third-order valence-electron chi connectivity index (χ3n) is 7.74. The lowest BCUT2D eigenvalue weighted by atomic mass is 9.84. The summed E-state index contributed by atoms with van der Waals surface area (Å²) in [6.07, 6.45) is 1.43. The van der Waals surface area contributed by atoms with Crippen molar-refractivity contribution in [2.45, 2.75) is 31.0 Å². The largest absolute Gasteiger partial charge is 0.469 e. The van der Waals surface area contributed by atoms with E-state index >= 15 is 0 Å².